The molecule has 0 aliphatic rings. The lowest BCUT2D eigenvalue weighted by Gasteiger charge is -2.08. The first-order valence-corrected chi connectivity index (χ1v) is 7.40. The van der Waals surface area contributed by atoms with Gasteiger partial charge in [-0.25, -0.2) is 0 Å². The van der Waals surface area contributed by atoms with Gasteiger partial charge >= 0.3 is 0 Å². The predicted octanol–water partition coefficient (Wildman–Crippen LogP) is 4.62. The summed E-state index contributed by atoms with van der Waals surface area (Å²) < 4.78 is 5.28. The van der Waals surface area contributed by atoms with E-state index in [1.165, 1.54) is 5.56 Å². The molecule has 0 radical (unpaired) electrons. The van der Waals surface area contributed by atoms with E-state index in [9.17, 15) is 0 Å². The second kappa shape index (κ2) is 6.20. The second-order valence-corrected chi connectivity index (χ2v) is 5.55. The Morgan fingerprint density at radius 3 is 2.64 bits per heavy atom. The molecular formula is C17H16ClN3O. The normalized spacial score (nSPS) is 10.7. The van der Waals surface area contributed by atoms with Gasteiger partial charge in [0.05, 0.1) is 6.54 Å². The molecule has 0 amide bonds. The highest BCUT2D eigenvalue weighted by molar-refractivity contribution is 6.31. The molecule has 1 N–H and O–H groups in total. The predicted molar refractivity (Wildman–Crippen MR) is 88.0 cm³/mol. The van der Waals surface area contributed by atoms with Crippen LogP contribution in [-0.4, -0.2) is 10.1 Å². The third kappa shape index (κ3) is 3.12. The number of aryl methyl sites for hydroxylation is 1. The summed E-state index contributed by atoms with van der Waals surface area (Å²) in [7, 11) is 0. The van der Waals surface area contributed by atoms with Crippen LogP contribution in [-0.2, 0) is 6.54 Å². The fourth-order valence-electron chi connectivity index (χ4n) is 2.12. The van der Waals surface area contributed by atoms with Crippen LogP contribution in [0.3, 0.4) is 0 Å². The van der Waals surface area contributed by atoms with Gasteiger partial charge in [0.2, 0.25) is 11.7 Å². The van der Waals surface area contributed by atoms with Crippen molar-refractivity contribution < 1.29 is 4.52 Å². The highest BCUT2D eigenvalue weighted by atomic mass is 35.5. The minimum absolute atomic E-state index is 0.458. The number of nitrogens with zero attached hydrogens (tertiary/aromatic N) is 2. The number of anilines is 1. The van der Waals surface area contributed by atoms with Crippen LogP contribution in [0.2, 0.25) is 5.02 Å². The molecular weight excluding hydrogens is 298 g/mol. The summed E-state index contributed by atoms with van der Waals surface area (Å²) in [6.07, 6.45) is 0. The molecule has 0 unspecified atom stereocenters. The zero-order valence-electron chi connectivity index (χ0n) is 12.4. The van der Waals surface area contributed by atoms with Gasteiger partial charge in [-0.2, -0.15) is 4.98 Å². The summed E-state index contributed by atoms with van der Waals surface area (Å²) in [5, 5.41) is 8.01. The first kappa shape index (κ1) is 14.6. The van der Waals surface area contributed by atoms with Crippen LogP contribution in [0.4, 0.5) is 5.69 Å². The lowest BCUT2D eigenvalue weighted by Crippen LogP contribution is -2.01. The van der Waals surface area contributed by atoms with E-state index in [-0.39, 0.29) is 0 Å². The second-order valence-electron chi connectivity index (χ2n) is 5.14. The van der Waals surface area contributed by atoms with Crippen molar-refractivity contribution in [3.8, 4) is 11.4 Å². The highest BCUT2D eigenvalue weighted by Crippen LogP contribution is 2.23. The Labute approximate surface area is 134 Å². The van der Waals surface area contributed by atoms with E-state index < -0.39 is 0 Å². The Balaban J connectivity index is 1.72. The zero-order chi connectivity index (χ0) is 15.5. The SMILES string of the molecule is Cc1ccc(-c2noc(CNc3cccc(Cl)c3C)n2)cc1. The van der Waals surface area contributed by atoms with E-state index in [4.69, 9.17) is 16.1 Å². The molecule has 3 aromatic rings. The molecule has 0 saturated heterocycles. The Kier molecular flexibility index (Phi) is 4.11. The third-order valence-corrected chi connectivity index (χ3v) is 3.89. The fourth-order valence-corrected chi connectivity index (χ4v) is 2.29. The van der Waals surface area contributed by atoms with Crippen LogP contribution in [0.25, 0.3) is 11.4 Å². The molecule has 112 valence electrons. The monoisotopic (exact) mass is 313 g/mol. The largest absolute Gasteiger partial charge is 0.376 e. The number of halogens is 1. The summed E-state index contributed by atoms with van der Waals surface area (Å²) in [6.45, 7) is 4.47. The van der Waals surface area contributed by atoms with Crippen LogP contribution in [0.5, 0.6) is 0 Å². The molecule has 0 fully saturated rings. The number of rotatable bonds is 4. The van der Waals surface area contributed by atoms with E-state index in [1.807, 2.05) is 56.3 Å². The highest BCUT2D eigenvalue weighted by Gasteiger charge is 2.09. The minimum atomic E-state index is 0.458. The van der Waals surface area contributed by atoms with Crippen molar-refractivity contribution in [3.05, 3.63) is 64.5 Å². The van der Waals surface area contributed by atoms with Crippen molar-refractivity contribution in [2.75, 3.05) is 5.32 Å². The molecule has 5 heteroatoms. The Bertz CT molecular complexity index is 781. The molecule has 0 atom stereocenters. The van der Waals surface area contributed by atoms with Crippen molar-refractivity contribution in [2.24, 2.45) is 0 Å². The quantitative estimate of drug-likeness (QED) is 0.763. The first-order valence-electron chi connectivity index (χ1n) is 7.02. The van der Waals surface area contributed by atoms with Gasteiger partial charge in [0, 0.05) is 16.3 Å². The van der Waals surface area contributed by atoms with E-state index in [2.05, 4.69) is 15.5 Å². The number of hydrogen-bond acceptors (Lipinski definition) is 4. The van der Waals surface area contributed by atoms with Crippen LogP contribution < -0.4 is 5.32 Å². The number of hydrogen-bond donors (Lipinski definition) is 1. The van der Waals surface area contributed by atoms with Crippen LogP contribution in [0, 0.1) is 13.8 Å². The topological polar surface area (TPSA) is 51.0 Å². The molecule has 22 heavy (non-hydrogen) atoms. The summed E-state index contributed by atoms with van der Waals surface area (Å²) in [5.74, 6) is 1.13. The molecule has 0 saturated carbocycles. The number of benzene rings is 2. The molecule has 4 nitrogen and oxygen atoms in total. The van der Waals surface area contributed by atoms with E-state index in [0.717, 1.165) is 21.8 Å². The van der Waals surface area contributed by atoms with Gasteiger partial charge in [0.25, 0.3) is 0 Å². The van der Waals surface area contributed by atoms with Gasteiger partial charge in [0.15, 0.2) is 0 Å². The average molecular weight is 314 g/mol. The van der Waals surface area contributed by atoms with E-state index in [1.54, 1.807) is 0 Å². The number of aromatic nitrogens is 2. The average Bonchev–Trinajstić information content (AvgIpc) is 2.98. The van der Waals surface area contributed by atoms with Gasteiger partial charge in [0.1, 0.15) is 0 Å². The van der Waals surface area contributed by atoms with Gasteiger partial charge < -0.3 is 9.84 Å². The van der Waals surface area contributed by atoms with E-state index in [0.29, 0.717) is 18.3 Å². The molecule has 0 bridgehead atoms. The van der Waals surface area contributed by atoms with E-state index >= 15 is 0 Å². The summed E-state index contributed by atoms with van der Waals surface area (Å²) in [4.78, 5) is 4.40. The molecule has 0 aliphatic carbocycles. The van der Waals surface area contributed by atoms with Gasteiger partial charge in [-0.05, 0) is 31.5 Å². The van der Waals surface area contributed by atoms with Gasteiger partial charge in [-0.1, -0.05) is 52.7 Å². The van der Waals surface area contributed by atoms with Gasteiger partial charge in [-0.3, -0.25) is 0 Å². The Morgan fingerprint density at radius 1 is 1.09 bits per heavy atom. The molecule has 1 heterocycles. The lowest BCUT2D eigenvalue weighted by molar-refractivity contribution is 0.384. The maximum Gasteiger partial charge on any atom is 0.246 e. The Morgan fingerprint density at radius 2 is 1.86 bits per heavy atom. The van der Waals surface area contributed by atoms with Crippen molar-refractivity contribution in [1.29, 1.82) is 0 Å². The molecule has 2 aromatic carbocycles. The van der Waals surface area contributed by atoms with Crippen LogP contribution >= 0.6 is 11.6 Å². The summed E-state index contributed by atoms with van der Waals surface area (Å²) >= 11 is 6.10. The molecule has 0 aliphatic heterocycles. The lowest BCUT2D eigenvalue weighted by atomic mass is 10.1. The molecule has 3 rings (SSSR count). The maximum absolute atomic E-state index is 6.10. The van der Waals surface area contributed by atoms with Crippen molar-refractivity contribution in [3.63, 3.8) is 0 Å². The standard InChI is InChI=1S/C17H16ClN3O/c1-11-6-8-13(9-7-11)17-20-16(22-21-17)10-19-15-5-3-4-14(18)12(15)2/h3-9,19H,10H2,1-2H3. The van der Waals surface area contributed by atoms with Crippen LogP contribution in [0.1, 0.15) is 17.0 Å². The first-order chi connectivity index (χ1) is 10.6. The zero-order valence-corrected chi connectivity index (χ0v) is 13.2. The minimum Gasteiger partial charge on any atom is -0.376 e. The van der Waals surface area contributed by atoms with Crippen molar-refractivity contribution in [1.82, 2.24) is 10.1 Å². The summed E-state index contributed by atoms with van der Waals surface area (Å²) in [6, 6.07) is 13.8. The third-order valence-electron chi connectivity index (χ3n) is 3.48. The number of nitrogens with one attached hydrogen (secondary N) is 1. The van der Waals surface area contributed by atoms with Gasteiger partial charge in [-0.15, -0.1) is 0 Å². The fraction of sp³-hybridized carbons (Fsp3) is 0.176. The molecule has 1 aromatic heterocycles. The maximum atomic E-state index is 6.10. The smallest absolute Gasteiger partial charge is 0.246 e. The molecule has 0 spiro atoms. The van der Waals surface area contributed by atoms with Crippen molar-refractivity contribution in [2.45, 2.75) is 20.4 Å². The van der Waals surface area contributed by atoms with Crippen LogP contribution in [0.15, 0.2) is 47.0 Å². The Hall–Kier alpha value is -2.33. The summed E-state index contributed by atoms with van der Waals surface area (Å²) in [5.41, 5.74) is 4.11. The van der Waals surface area contributed by atoms with Crippen molar-refractivity contribution >= 4 is 17.3 Å².